The number of methoxy groups -OCH3 is 1. The Hall–Kier alpha value is -1.10. The highest BCUT2D eigenvalue weighted by Crippen LogP contribution is 2.17. The molecule has 2 N–H and O–H groups in total. The second-order valence-corrected chi connectivity index (χ2v) is 8.45. The molecule has 1 aliphatic rings. The van der Waals surface area contributed by atoms with Gasteiger partial charge in [0.05, 0.1) is 0 Å². The number of halogens is 1. The third kappa shape index (κ3) is 11.7. The van der Waals surface area contributed by atoms with Gasteiger partial charge >= 0.3 is 0 Å². The average Bonchev–Trinajstić information content (AvgIpc) is 2.78. The van der Waals surface area contributed by atoms with Crippen LogP contribution in [-0.4, -0.2) is 102 Å². The SMILES string of the molecule is CN=C(NCCCCN1CCN(c2cccc(C)c2)CC1)NCCN(C)CCCOC.I. The fourth-order valence-electron chi connectivity index (χ4n) is 3.90. The number of hydrogen-bond acceptors (Lipinski definition) is 5. The lowest BCUT2D eigenvalue weighted by atomic mass is 10.2. The summed E-state index contributed by atoms with van der Waals surface area (Å²) in [6.45, 7) is 12.6. The second-order valence-electron chi connectivity index (χ2n) is 8.45. The van der Waals surface area contributed by atoms with Crippen LogP contribution in [0.1, 0.15) is 24.8 Å². The number of likely N-dealkylation sites (N-methyl/N-ethyl adjacent to an activating group) is 1. The van der Waals surface area contributed by atoms with E-state index in [0.717, 1.165) is 77.8 Å². The molecule has 1 aliphatic heterocycles. The third-order valence-corrected chi connectivity index (χ3v) is 5.83. The number of ether oxygens (including phenoxy) is 1. The standard InChI is InChI=1S/C24H44N6O.HI/c1-22-9-7-10-23(21-22)30-18-16-29(17-19-30)14-6-5-11-26-24(25-2)27-12-15-28(3)13-8-20-31-4;/h7,9-10,21H,5-6,8,11-20H2,1-4H3,(H2,25,26,27);1H. The molecule has 184 valence electrons. The summed E-state index contributed by atoms with van der Waals surface area (Å²) in [4.78, 5) is 11.8. The van der Waals surface area contributed by atoms with Crippen LogP contribution in [0.15, 0.2) is 29.3 Å². The topological polar surface area (TPSA) is 55.4 Å². The van der Waals surface area contributed by atoms with Crippen molar-refractivity contribution in [2.45, 2.75) is 26.2 Å². The number of aliphatic imine (C=N–C) groups is 1. The van der Waals surface area contributed by atoms with Crippen molar-refractivity contribution in [2.75, 3.05) is 91.6 Å². The number of aryl methyl sites for hydroxylation is 1. The normalized spacial score (nSPS) is 15.0. The Labute approximate surface area is 213 Å². The Morgan fingerprint density at radius 3 is 2.50 bits per heavy atom. The van der Waals surface area contributed by atoms with Crippen molar-refractivity contribution in [3.8, 4) is 0 Å². The minimum absolute atomic E-state index is 0. The molecule has 0 saturated carbocycles. The molecule has 0 radical (unpaired) electrons. The number of nitrogens with one attached hydrogen (secondary N) is 2. The molecule has 0 aromatic heterocycles. The minimum atomic E-state index is 0. The van der Waals surface area contributed by atoms with Gasteiger partial charge in [0.25, 0.3) is 0 Å². The third-order valence-electron chi connectivity index (χ3n) is 5.83. The van der Waals surface area contributed by atoms with E-state index in [1.807, 2.05) is 7.05 Å². The molecule has 1 fully saturated rings. The van der Waals surface area contributed by atoms with E-state index in [0.29, 0.717) is 0 Å². The van der Waals surface area contributed by atoms with Crippen molar-refractivity contribution in [2.24, 2.45) is 4.99 Å². The molecule has 0 bridgehead atoms. The lowest BCUT2D eigenvalue weighted by Crippen LogP contribution is -2.46. The van der Waals surface area contributed by atoms with Gasteiger partial charge in [0, 0.05) is 78.8 Å². The number of hydrogen-bond donors (Lipinski definition) is 2. The maximum Gasteiger partial charge on any atom is 0.191 e. The van der Waals surface area contributed by atoms with Gasteiger partial charge < -0.3 is 25.2 Å². The first kappa shape index (κ1) is 28.9. The average molecular weight is 561 g/mol. The molecule has 1 aromatic rings. The second kappa shape index (κ2) is 17.4. The van der Waals surface area contributed by atoms with Crippen LogP contribution in [0.25, 0.3) is 0 Å². The first-order chi connectivity index (χ1) is 15.1. The summed E-state index contributed by atoms with van der Waals surface area (Å²) in [5.41, 5.74) is 2.70. The van der Waals surface area contributed by atoms with Crippen molar-refractivity contribution in [1.82, 2.24) is 20.4 Å². The van der Waals surface area contributed by atoms with E-state index in [2.05, 4.69) is 68.6 Å². The van der Waals surface area contributed by atoms with Gasteiger partial charge in [0.2, 0.25) is 0 Å². The Morgan fingerprint density at radius 1 is 1.06 bits per heavy atom. The highest BCUT2D eigenvalue weighted by Gasteiger charge is 2.16. The van der Waals surface area contributed by atoms with Gasteiger partial charge in [-0.15, -0.1) is 24.0 Å². The molecule has 1 saturated heterocycles. The Morgan fingerprint density at radius 2 is 1.81 bits per heavy atom. The molecule has 1 heterocycles. The van der Waals surface area contributed by atoms with Crippen LogP contribution in [0.2, 0.25) is 0 Å². The summed E-state index contributed by atoms with van der Waals surface area (Å²) in [5, 5.41) is 6.85. The van der Waals surface area contributed by atoms with Gasteiger partial charge in [0.15, 0.2) is 5.96 Å². The molecule has 8 heteroatoms. The first-order valence-electron chi connectivity index (χ1n) is 11.8. The molecular weight excluding hydrogens is 515 g/mol. The Kier molecular flexibility index (Phi) is 15.7. The van der Waals surface area contributed by atoms with Crippen molar-refractivity contribution in [3.05, 3.63) is 29.8 Å². The maximum atomic E-state index is 5.11. The largest absolute Gasteiger partial charge is 0.385 e. The summed E-state index contributed by atoms with van der Waals surface area (Å²) in [6.07, 6.45) is 3.45. The predicted molar refractivity (Wildman–Crippen MR) is 148 cm³/mol. The summed E-state index contributed by atoms with van der Waals surface area (Å²) < 4.78 is 5.11. The monoisotopic (exact) mass is 560 g/mol. The molecular formula is C24H45IN6O. The molecule has 0 amide bonds. The van der Waals surface area contributed by atoms with Crippen molar-refractivity contribution in [3.63, 3.8) is 0 Å². The number of unbranched alkanes of at least 4 members (excludes halogenated alkanes) is 1. The molecule has 0 spiro atoms. The van der Waals surface area contributed by atoms with E-state index >= 15 is 0 Å². The maximum absolute atomic E-state index is 5.11. The highest BCUT2D eigenvalue weighted by atomic mass is 127. The van der Waals surface area contributed by atoms with Crippen LogP contribution < -0.4 is 15.5 Å². The number of nitrogens with zero attached hydrogens (tertiary/aromatic N) is 4. The summed E-state index contributed by atoms with van der Waals surface area (Å²) in [6, 6.07) is 8.85. The van der Waals surface area contributed by atoms with Gasteiger partial charge in [0.1, 0.15) is 0 Å². The zero-order chi connectivity index (χ0) is 22.3. The van der Waals surface area contributed by atoms with Crippen LogP contribution in [0.4, 0.5) is 5.69 Å². The summed E-state index contributed by atoms with van der Waals surface area (Å²) in [7, 11) is 5.74. The molecule has 0 unspecified atom stereocenters. The molecule has 32 heavy (non-hydrogen) atoms. The van der Waals surface area contributed by atoms with Gasteiger partial charge in [-0.2, -0.15) is 0 Å². The highest BCUT2D eigenvalue weighted by molar-refractivity contribution is 14.0. The molecule has 1 aromatic carbocycles. The van der Waals surface area contributed by atoms with Crippen LogP contribution in [0.5, 0.6) is 0 Å². The van der Waals surface area contributed by atoms with Crippen LogP contribution in [0.3, 0.4) is 0 Å². The number of benzene rings is 1. The molecule has 2 rings (SSSR count). The summed E-state index contributed by atoms with van der Waals surface area (Å²) >= 11 is 0. The number of rotatable bonds is 13. The van der Waals surface area contributed by atoms with E-state index in [9.17, 15) is 0 Å². The lowest BCUT2D eigenvalue weighted by molar-refractivity contribution is 0.180. The first-order valence-corrected chi connectivity index (χ1v) is 11.8. The fourth-order valence-corrected chi connectivity index (χ4v) is 3.90. The lowest BCUT2D eigenvalue weighted by Gasteiger charge is -2.36. The van der Waals surface area contributed by atoms with Gasteiger partial charge in [-0.1, -0.05) is 12.1 Å². The van der Waals surface area contributed by atoms with Crippen molar-refractivity contribution in [1.29, 1.82) is 0 Å². The quantitative estimate of drug-likeness (QED) is 0.168. The van der Waals surface area contributed by atoms with Gasteiger partial charge in [-0.05, 0) is 57.5 Å². The van der Waals surface area contributed by atoms with E-state index in [-0.39, 0.29) is 24.0 Å². The van der Waals surface area contributed by atoms with Gasteiger partial charge in [-0.25, -0.2) is 0 Å². The Bertz CT molecular complexity index is 637. The fraction of sp³-hybridized carbons (Fsp3) is 0.708. The number of anilines is 1. The zero-order valence-electron chi connectivity index (χ0n) is 20.6. The smallest absolute Gasteiger partial charge is 0.191 e. The van der Waals surface area contributed by atoms with Crippen LogP contribution >= 0.6 is 24.0 Å². The van der Waals surface area contributed by atoms with E-state index < -0.39 is 0 Å². The van der Waals surface area contributed by atoms with Crippen LogP contribution in [0, 0.1) is 6.92 Å². The minimum Gasteiger partial charge on any atom is -0.385 e. The number of piperazine rings is 1. The van der Waals surface area contributed by atoms with Gasteiger partial charge in [-0.3, -0.25) is 9.89 Å². The van der Waals surface area contributed by atoms with Crippen molar-refractivity contribution >= 4 is 35.6 Å². The number of guanidine groups is 1. The van der Waals surface area contributed by atoms with Crippen LogP contribution in [-0.2, 0) is 4.74 Å². The molecule has 0 atom stereocenters. The molecule has 7 nitrogen and oxygen atoms in total. The van der Waals surface area contributed by atoms with Crippen molar-refractivity contribution < 1.29 is 4.74 Å². The van der Waals surface area contributed by atoms with E-state index in [1.165, 1.54) is 24.2 Å². The Balaban J connectivity index is 0.00000512. The molecule has 0 aliphatic carbocycles. The zero-order valence-corrected chi connectivity index (χ0v) is 22.9. The van der Waals surface area contributed by atoms with E-state index in [1.54, 1.807) is 7.11 Å². The summed E-state index contributed by atoms with van der Waals surface area (Å²) in [5.74, 6) is 0.900. The predicted octanol–water partition coefficient (Wildman–Crippen LogP) is 2.65. The van der Waals surface area contributed by atoms with E-state index in [4.69, 9.17) is 4.74 Å².